The van der Waals surface area contributed by atoms with Crippen molar-refractivity contribution in [2.75, 3.05) is 11.9 Å². The van der Waals surface area contributed by atoms with Crippen LogP contribution in [0.3, 0.4) is 0 Å². The molecule has 0 heterocycles. The van der Waals surface area contributed by atoms with Crippen LogP contribution in [0, 0.1) is 5.41 Å². The molecule has 1 rings (SSSR count). The Kier molecular flexibility index (Phi) is 9.51. The summed E-state index contributed by atoms with van der Waals surface area (Å²) in [7, 11) is 0. The Morgan fingerprint density at radius 3 is 2.63 bits per heavy atom. The normalized spacial score (nSPS) is 12.4. The largest absolute Gasteiger partial charge is 0.508 e. The van der Waals surface area contributed by atoms with E-state index in [1.54, 1.807) is 24.3 Å². The lowest BCUT2D eigenvalue weighted by Gasteiger charge is -2.19. The summed E-state index contributed by atoms with van der Waals surface area (Å²) < 4.78 is 0. The van der Waals surface area contributed by atoms with Crippen LogP contribution in [0.15, 0.2) is 47.1 Å². The van der Waals surface area contributed by atoms with E-state index < -0.39 is 0 Å². The fourth-order valence-electron chi connectivity index (χ4n) is 2.68. The Hall–Kier alpha value is -2.40. The molecule has 0 radical (unpaired) electrons. The predicted octanol–water partition coefficient (Wildman–Crippen LogP) is 5.05. The van der Waals surface area contributed by atoms with Gasteiger partial charge < -0.3 is 15.5 Å². The highest BCUT2D eigenvalue weighted by molar-refractivity contribution is 6.52. The van der Waals surface area contributed by atoms with Gasteiger partial charge in [0.15, 0.2) is 0 Å². The summed E-state index contributed by atoms with van der Waals surface area (Å²) in [4.78, 5) is 4.28. The van der Waals surface area contributed by atoms with E-state index in [1.165, 1.54) is 12.8 Å². The number of rotatable bonds is 11. The van der Waals surface area contributed by atoms with Crippen LogP contribution in [0.4, 0.5) is 5.69 Å². The van der Waals surface area contributed by atoms with Gasteiger partial charge in [0.05, 0.1) is 23.7 Å². The van der Waals surface area contributed by atoms with E-state index in [9.17, 15) is 10.2 Å². The lowest BCUT2D eigenvalue weighted by Crippen LogP contribution is -2.20. The van der Waals surface area contributed by atoms with Crippen LogP contribution in [0.25, 0.3) is 0 Å². The first-order valence-corrected chi connectivity index (χ1v) is 9.49. The van der Waals surface area contributed by atoms with Crippen molar-refractivity contribution >= 4 is 17.1 Å². The number of aliphatic imine (C=N–C) groups is 1. The van der Waals surface area contributed by atoms with E-state index in [2.05, 4.69) is 30.7 Å². The molecule has 27 heavy (non-hydrogen) atoms. The number of allylic oxidation sites excluding steroid dienone is 2. The molecule has 5 nitrogen and oxygen atoms in total. The molecular formula is C22H33N3O2. The minimum absolute atomic E-state index is 0.0940. The Morgan fingerprint density at radius 2 is 2.04 bits per heavy atom. The van der Waals surface area contributed by atoms with Crippen LogP contribution < -0.4 is 5.32 Å². The van der Waals surface area contributed by atoms with E-state index in [1.807, 2.05) is 13.8 Å². The molecule has 148 valence electrons. The summed E-state index contributed by atoms with van der Waals surface area (Å²) in [6.45, 7) is 11.6. The highest BCUT2D eigenvalue weighted by Gasteiger charge is 2.15. The van der Waals surface area contributed by atoms with Crippen molar-refractivity contribution in [3.8, 4) is 5.75 Å². The molecule has 0 amide bonds. The number of hydrogen-bond acceptors (Lipinski definition) is 5. The second-order valence-corrected chi connectivity index (χ2v) is 7.09. The summed E-state index contributed by atoms with van der Waals surface area (Å²) in [5, 5.41) is 31.3. The highest BCUT2D eigenvalue weighted by Crippen LogP contribution is 2.24. The second-order valence-electron chi connectivity index (χ2n) is 7.09. The van der Waals surface area contributed by atoms with Gasteiger partial charge in [0.2, 0.25) is 0 Å². The third kappa shape index (κ3) is 7.79. The number of phenols is 1. The molecule has 0 aliphatic carbocycles. The maximum Gasteiger partial charge on any atom is 0.116 e. The van der Waals surface area contributed by atoms with Gasteiger partial charge in [-0.2, -0.15) is 0 Å². The zero-order valence-corrected chi connectivity index (χ0v) is 17.0. The molecule has 0 bridgehead atoms. The molecule has 1 aromatic rings. The number of benzene rings is 1. The molecule has 0 saturated carbocycles. The average Bonchev–Trinajstić information content (AvgIpc) is 2.61. The molecule has 0 aliphatic rings. The van der Waals surface area contributed by atoms with E-state index in [4.69, 9.17) is 5.41 Å². The van der Waals surface area contributed by atoms with Crippen LogP contribution in [0.2, 0.25) is 0 Å². The predicted molar refractivity (Wildman–Crippen MR) is 115 cm³/mol. The summed E-state index contributed by atoms with van der Waals surface area (Å²) >= 11 is 0. The number of unbranched alkanes of at least 4 members (excludes halogenated alkanes) is 2. The van der Waals surface area contributed by atoms with Gasteiger partial charge in [0, 0.05) is 17.3 Å². The fourth-order valence-corrected chi connectivity index (χ4v) is 2.68. The molecule has 5 heteroatoms. The maximum atomic E-state index is 9.95. The topological polar surface area (TPSA) is 88.7 Å². The lowest BCUT2D eigenvalue weighted by molar-refractivity contribution is 0.330. The third-order valence-electron chi connectivity index (χ3n) is 4.06. The van der Waals surface area contributed by atoms with Gasteiger partial charge >= 0.3 is 0 Å². The number of phenolic OH excluding ortho intramolecular Hbond substituents is 1. The first-order chi connectivity index (χ1) is 12.8. The van der Waals surface area contributed by atoms with Crippen LogP contribution in [0.5, 0.6) is 5.75 Å². The average molecular weight is 372 g/mol. The molecule has 0 aromatic heterocycles. The summed E-state index contributed by atoms with van der Waals surface area (Å²) in [5.41, 5.74) is 3.19. The van der Waals surface area contributed by atoms with E-state index in [0.717, 1.165) is 24.1 Å². The first-order valence-electron chi connectivity index (χ1n) is 9.49. The third-order valence-corrected chi connectivity index (χ3v) is 4.06. The zero-order valence-electron chi connectivity index (χ0n) is 17.0. The standard InChI is InChI=1S/C22H33N3O2/c1-6-7-8-9-16(4)24-20-11-10-18(27)13-19(20)22(23)21(12-15(2)3)25-17(5)14-26/h10-13,16,23-24,26-27H,5-9,14H2,1-4H3. The van der Waals surface area contributed by atoms with Crippen molar-refractivity contribution in [1.82, 2.24) is 0 Å². The molecular weight excluding hydrogens is 338 g/mol. The monoisotopic (exact) mass is 371 g/mol. The molecule has 1 unspecified atom stereocenters. The van der Waals surface area contributed by atoms with Gasteiger partial charge in [-0.3, -0.25) is 5.41 Å². The van der Waals surface area contributed by atoms with Crippen molar-refractivity contribution in [2.24, 2.45) is 4.99 Å². The Morgan fingerprint density at radius 1 is 1.33 bits per heavy atom. The molecule has 0 fully saturated rings. The van der Waals surface area contributed by atoms with E-state index >= 15 is 0 Å². The van der Waals surface area contributed by atoms with Crippen LogP contribution in [0.1, 0.15) is 58.9 Å². The number of nitrogens with zero attached hydrogens (tertiary/aromatic N) is 1. The Balaban J connectivity index is 3.20. The molecule has 4 N–H and O–H groups in total. The molecule has 0 saturated heterocycles. The van der Waals surface area contributed by atoms with Crippen LogP contribution >= 0.6 is 0 Å². The second kappa shape index (κ2) is 11.3. The van der Waals surface area contributed by atoms with E-state index in [-0.39, 0.29) is 29.8 Å². The fraction of sp³-hybridized carbons (Fsp3) is 0.455. The highest BCUT2D eigenvalue weighted by atomic mass is 16.3. The minimum atomic E-state index is -0.271. The van der Waals surface area contributed by atoms with Gasteiger partial charge in [0.25, 0.3) is 0 Å². The number of aromatic hydroxyl groups is 1. The molecule has 1 aromatic carbocycles. The van der Waals surface area contributed by atoms with Gasteiger partial charge in [-0.05, 0) is 51.5 Å². The van der Waals surface area contributed by atoms with Gasteiger partial charge in [-0.1, -0.05) is 38.3 Å². The van der Waals surface area contributed by atoms with Crippen molar-refractivity contribution in [2.45, 2.75) is 59.4 Å². The SMILES string of the molecule is C=C(CO)N=C(C=C(C)C)C(=N)c1cc(O)ccc1NC(C)CCCCC. The Bertz CT molecular complexity index is 716. The number of hydrogen-bond donors (Lipinski definition) is 4. The number of aliphatic hydroxyl groups is 1. The van der Waals surface area contributed by atoms with Crippen LogP contribution in [-0.2, 0) is 0 Å². The minimum Gasteiger partial charge on any atom is -0.508 e. The zero-order chi connectivity index (χ0) is 20.4. The first kappa shape index (κ1) is 22.6. The number of aliphatic hydroxyl groups excluding tert-OH is 1. The van der Waals surface area contributed by atoms with Crippen molar-refractivity contribution < 1.29 is 10.2 Å². The molecule has 0 aliphatic heterocycles. The van der Waals surface area contributed by atoms with Crippen molar-refractivity contribution in [3.05, 3.63) is 47.7 Å². The smallest absolute Gasteiger partial charge is 0.116 e. The summed E-state index contributed by atoms with van der Waals surface area (Å²) in [6, 6.07) is 5.22. The van der Waals surface area contributed by atoms with Gasteiger partial charge in [-0.25, -0.2) is 4.99 Å². The van der Waals surface area contributed by atoms with Crippen LogP contribution in [-0.4, -0.2) is 34.3 Å². The van der Waals surface area contributed by atoms with Crippen molar-refractivity contribution in [3.63, 3.8) is 0 Å². The van der Waals surface area contributed by atoms with Gasteiger partial charge in [-0.15, -0.1) is 0 Å². The van der Waals surface area contributed by atoms with Crippen molar-refractivity contribution in [1.29, 1.82) is 5.41 Å². The maximum absolute atomic E-state index is 9.95. The molecule has 1 atom stereocenters. The van der Waals surface area contributed by atoms with Gasteiger partial charge in [0.1, 0.15) is 5.75 Å². The summed E-state index contributed by atoms with van der Waals surface area (Å²) in [5.74, 6) is 0.0940. The lowest BCUT2D eigenvalue weighted by atomic mass is 10.0. The number of anilines is 1. The summed E-state index contributed by atoms with van der Waals surface area (Å²) in [6.07, 6.45) is 6.35. The quantitative estimate of drug-likeness (QED) is 0.249. The molecule has 0 spiro atoms. The number of nitrogens with one attached hydrogen (secondary N) is 2. The van der Waals surface area contributed by atoms with E-state index in [0.29, 0.717) is 11.3 Å². The Labute approximate surface area is 163 Å².